The number of amides is 1. The van der Waals surface area contributed by atoms with E-state index in [9.17, 15) is 9.59 Å². The average Bonchev–Trinajstić information content (AvgIpc) is 2.84. The van der Waals surface area contributed by atoms with Gasteiger partial charge in [-0.15, -0.1) is 0 Å². The van der Waals surface area contributed by atoms with Gasteiger partial charge in [-0.05, 0) is 24.8 Å². The van der Waals surface area contributed by atoms with Crippen LogP contribution in [0.1, 0.15) is 53.7 Å². The second-order valence-corrected chi connectivity index (χ2v) is 7.12. The van der Waals surface area contributed by atoms with Crippen LogP contribution in [0.5, 0.6) is 0 Å². The van der Waals surface area contributed by atoms with Crippen molar-refractivity contribution in [1.82, 2.24) is 10.1 Å². The Labute approximate surface area is 142 Å². The standard InChI is InChI=1S/C19H24N2O3/c1-12-16(13(2)24-20-12)11-21(6)18(23)17(22)14-7-9-15(10-8-14)19(3,4)5/h7-10H,11H2,1-6H3. The highest BCUT2D eigenvalue weighted by Crippen LogP contribution is 2.22. The minimum atomic E-state index is -0.543. The van der Waals surface area contributed by atoms with Crippen molar-refractivity contribution in [3.05, 3.63) is 52.4 Å². The minimum absolute atomic E-state index is 0.00567. The third kappa shape index (κ3) is 3.72. The summed E-state index contributed by atoms with van der Waals surface area (Å²) >= 11 is 0. The average molecular weight is 328 g/mol. The first kappa shape index (κ1) is 17.9. The van der Waals surface area contributed by atoms with Gasteiger partial charge in [0.15, 0.2) is 0 Å². The molecule has 0 aliphatic rings. The van der Waals surface area contributed by atoms with E-state index in [1.807, 2.05) is 19.1 Å². The molecule has 0 N–H and O–H groups in total. The number of likely N-dealkylation sites (N-methyl/N-ethyl adjacent to an activating group) is 1. The molecule has 0 spiro atoms. The fraction of sp³-hybridized carbons (Fsp3) is 0.421. The van der Waals surface area contributed by atoms with E-state index in [1.165, 1.54) is 4.90 Å². The number of benzene rings is 1. The first-order valence-corrected chi connectivity index (χ1v) is 7.93. The van der Waals surface area contributed by atoms with Gasteiger partial charge in [0.2, 0.25) is 5.78 Å². The van der Waals surface area contributed by atoms with Crippen LogP contribution in [-0.4, -0.2) is 28.8 Å². The van der Waals surface area contributed by atoms with Crippen molar-refractivity contribution in [2.45, 2.75) is 46.6 Å². The summed E-state index contributed by atoms with van der Waals surface area (Å²) in [6, 6.07) is 7.22. The molecule has 0 saturated carbocycles. The molecule has 1 aromatic carbocycles. The van der Waals surface area contributed by atoms with Gasteiger partial charge in [-0.1, -0.05) is 50.2 Å². The molecule has 1 heterocycles. The molecule has 2 aromatic rings. The van der Waals surface area contributed by atoms with Gasteiger partial charge in [0, 0.05) is 18.2 Å². The molecular weight excluding hydrogens is 304 g/mol. The molecule has 0 saturated heterocycles. The van der Waals surface area contributed by atoms with Gasteiger partial charge in [0.25, 0.3) is 5.91 Å². The second kappa shape index (κ2) is 6.59. The molecule has 5 nitrogen and oxygen atoms in total. The molecule has 0 radical (unpaired) electrons. The van der Waals surface area contributed by atoms with Crippen LogP contribution in [0.15, 0.2) is 28.8 Å². The fourth-order valence-electron chi connectivity index (χ4n) is 2.46. The number of hydrogen-bond acceptors (Lipinski definition) is 4. The van der Waals surface area contributed by atoms with Gasteiger partial charge in [-0.3, -0.25) is 9.59 Å². The topological polar surface area (TPSA) is 63.4 Å². The molecule has 0 atom stereocenters. The zero-order valence-electron chi connectivity index (χ0n) is 15.1. The predicted octanol–water partition coefficient (Wildman–Crippen LogP) is 3.43. The summed E-state index contributed by atoms with van der Waals surface area (Å²) in [6.45, 7) is 10.2. The Bertz CT molecular complexity index is 732. The van der Waals surface area contributed by atoms with Crippen molar-refractivity contribution in [2.24, 2.45) is 0 Å². The lowest BCUT2D eigenvalue weighted by atomic mass is 9.86. The largest absolute Gasteiger partial charge is 0.361 e. The van der Waals surface area contributed by atoms with Gasteiger partial charge in [-0.2, -0.15) is 0 Å². The number of rotatable bonds is 4. The Kier molecular flexibility index (Phi) is 4.92. The van der Waals surface area contributed by atoms with Gasteiger partial charge >= 0.3 is 0 Å². The van der Waals surface area contributed by atoms with Crippen LogP contribution >= 0.6 is 0 Å². The van der Waals surface area contributed by atoms with Gasteiger partial charge < -0.3 is 9.42 Å². The van der Waals surface area contributed by atoms with E-state index in [1.54, 1.807) is 26.1 Å². The van der Waals surface area contributed by atoms with Crippen LogP contribution in [0, 0.1) is 13.8 Å². The highest BCUT2D eigenvalue weighted by atomic mass is 16.5. The van der Waals surface area contributed by atoms with Crippen LogP contribution < -0.4 is 0 Å². The molecule has 0 unspecified atom stereocenters. The first-order chi connectivity index (χ1) is 11.1. The lowest BCUT2D eigenvalue weighted by Crippen LogP contribution is -2.33. The zero-order chi connectivity index (χ0) is 18.1. The van der Waals surface area contributed by atoms with Crippen molar-refractivity contribution in [2.75, 3.05) is 7.05 Å². The number of hydrogen-bond donors (Lipinski definition) is 0. The summed E-state index contributed by atoms with van der Waals surface area (Å²) < 4.78 is 5.09. The van der Waals surface area contributed by atoms with Crippen LogP contribution in [0.3, 0.4) is 0 Å². The van der Waals surface area contributed by atoms with E-state index in [0.717, 1.165) is 16.8 Å². The van der Waals surface area contributed by atoms with Crippen molar-refractivity contribution in [3.8, 4) is 0 Å². The van der Waals surface area contributed by atoms with Gasteiger partial charge in [0.1, 0.15) is 5.76 Å². The van der Waals surface area contributed by atoms with E-state index in [2.05, 4.69) is 25.9 Å². The molecule has 1 aromatic heterocycles. The number of carbonyl (C=O) groups excluding carboxylic acids is 2. The zero-order valence-corrected chi connectivity index (χ0v) is 15.1. The van der Waals surface area contributed by atoms with Crippen molar-refractivity contribution >= 4 is 11.7 Å². The summed E-state index contributed by atoms with van der Waals surface area (Å²) in [6.07, 6.45) is 0. The van der Waals surface area contributed by atoms with Crippen LogP contribution in [0.25, 0.3) is 0 Å². The lowest BCUT2D eigenvalue weighted by Gasteiger charge is -2.19. The molecule has 2 rings (SSSR count). The molecule has 128 valence electrons. The third-order valence-corrected chi connectivity index (χ3v) is 4.13. The third-order valence-electron chi connectivity index (χ3n) is 4.13. The lowest BCUT2D eigenvalue weighted by molar-refractivity contribution is -0.125. The van der Waals surface area contributed by atoms with E-state index >= 15 is 0 Å². The van der Waals surface area contributed by atoms with Crippen LogP contribution in [-0.2, 0) is 16.8 Å². The molecule has 1 amide bonds. The molecule has 0 aliphatic heterocycles. The van der Waals surface area contributed by atoms with Crippen molar-refractivity contribution < 1.29 is 14.1 Å². The molecular formula is C19H24N2O3. The highest BCUT2D eigenvalue weighted by molar-refractivity contribution is 6.42. The van der Waals surface area contributed by atoms with Crippen LogP contribution in [0.2, 0.25) is 0 Å². The monoisotopic (exact) mass is 328 g/mol. The summed E-state index contributed by atoms with van der Waals surface area (Å²) in [5, 5.41) is 3.87. The van der Waals surface area contributed by atoms with E-state index < -0.39 is 11.7 Å². The number of aromatic nitrogens is 1. The smallest absolute Gasteiger partial charge is 0.295 e. The molecule has 5 heteroatoms. The number of Topliss-reactive ketones (excluding diaryl/α,β-unsaturated/α-hetero) is 1. The Balaban J connectivity index is 2.13. The Hall–Kier alpha value is -2.43. The SMILES string of the molecule is Cc1noc(C)c1CN(C)C(=O)C(=O)c1ccc(C(C)(C)C)cc1. The number of nitrogens with zero attached hydrogens (tertiary/aromatic N) is 2. The minimum Gasteiger partial charge on any atom is -0.361 e. The van der Waals surface area contributed by atoms with Gasteiger partial charge in [-0.25, -0.2) is 0 Å². The van der Waals surface area contributed by atoms with Crippen LogP contribution in [0.4, 0.5) is 0 Å². The normalized spacial score (nSPS) is 11.4. The van der Waals surface area contributed by atoms with Crippen molar-refractivity contribution in [3.63, 3.8) is 0 Å². The Morgan fingerprint density at radius 2 is 1.71 bits per heavy atom. The molecule has 24 heavy (non-hydrogen) atoms. The Morgan fingerprint density at radius 3 is 2.17 bits per heavy atom. The number of aryl methyl sites for hydroxylation is 2. The van der Waals surface area contributed by atoms with Gasteiger partial charge in [0.05, 0.1) is 12.2 Å². The quantitative estimate of drug-likeness (QED) is 0.637. The predicted molar refractivity (Wildman–Crippen MR) is 91.9 cm³/mol. The van der Waals surface area contributed by atoms with E-state index in [0.29, 0.717) is 17.9 Å². The molecule has 0 aliphatic carbocycles. The second-order valence-electron chi connectivity index (χ2n) is 7.12. The van der Waals surface area contributed by atoms with Crippen molar-refractivity contribution in [1.29, 1.82) is 0 Å². The fourth-order valence-corrected chi connectivity index (χ4v) is 2.46. The highest BCUT2D eigenvalue weighted by Gasteiger charge is 2.23. The van der Waals surface area contributed by atoms with E-state index in [4.69, 9.17) is 4.52 Å². The summed E-state index contributed by atoms with van der Waals surface area (Å²) in [5.41, 5.74) is 3.09. The molecule has 0 bridgehead atoms. The maximum absolute atomic E-state index is 12.4. The molecule has 0 fully saturated rings. The first-order valence-electron chi connectivity index (χ1n) is 7.93. The number of carbonyl (C=O) groups is 2. The maximum Gasteiger partial charge on any atom is 0.295 e. The summed E-state index contributed by atoms with van der Waals surface area (Å²) in [4.78, 5) is 26.2. The maximum atomic E-state index is 12.4. The number of ketones is 1. The van der Waals surface area contributed by atoms with E-state index in [-0.39, 0.29) is 5.41 Å². The Morgan fingerprint density at radius 1 is 1.12 bits per heavy atom. The summed E-state index contributed by atoms with van der Waals surface area (Å²) in [7, 11) is 1.61. The summed E-state index contributed by atoms with van der Waals surface area (Å²) in [5.74, 6) is -0.391.